The summed E-state index contributed by atoms with van der Waals surface area (Å²) in [5.41, 5.74) is 0.405. The first kappa shape index (κ1) is 16.2. The van der Waals surface area contributed by atoms with Gasteiger partial charge in [0.15, 0.2) is 0 Å². The highest BCUT2D eigenvalue weighted by atomic mass is 35.5. The molecule has 1 N–H and O–H groups in total. The Labute approximate surface area is 146 Å². The average molecular weight is 355 g/mol. The van der Waals surface area contributed by atoms with Gasteiger partial charge in [-0.15, -0.1) is 11.3 Å². The number of aliphatic hydroxyl groups is 1. The Hall–Kier alpha value is -2.68. The SMILES string of the molecule is N#CC(=C(O)Cc1ccc(Cl)cc1)c1nc(=O)c2ccccc2s1. The third kappa shape index (κ3) is 3.30. The van der Waals surface area contributed by atoms with Gasteiger partial charge in [0.2, 0.25) is 0 Å². The van der Waals surface area contributed by atoms with Crippen LogP contribution in [0.25, 0.3) is 15.7 Å². The van der Waals surface area contributed by atoms with Crippen molar-refractivity contribution >= 4 is 38.6 Å². The molecule has 0 bridgehead atoms. The summed E-state index contributed by atoms with van der Waals surface area (Å²) >= 11 is 7.04. The van der Waals surface area contributed by atoms with E-state index in [4.69, 9.17) is 11.6 Å². The lowest BCUT2D eigenvalue weighted by Gasteiger charge is -2.05. The fourth-order valence-corrected chi connectivity index (χ4v) is 3.38. The summed E-state index contributed by atoms with van der Waals surface area (Å²) in [4.78, 5) is 16.1. The van der Waals surface area contributed by atoms with E-state index < -0.39 is 5.56 Å². The van der Waals surface area contributed by atoms with Crippen molar-refractivity contribution in [2.75, 3.05) is 0 Å². The number of allylic oxidation sites excluding steroid dienone is 2. The topological polar surface area (TPSA) is 74.0 Å². The number of nitrogens with zero attached hydrogens (tertiary/aromatic N) is 2. The highest BCUT2D eigenvalue weighted by Gasteiger charge is 2.14. The predicted octanol–water partition coefficient (Wildman–Crippen LogP) is 4.35. The Morgan fingerprint density at radius 2 is 1.92 bits per heavy atom. The number of hydrogen-bond acceptors (Lipinski definition) is 5. The molecule has 3 rings (SSSR count). The van der Waals surface area contributed by atoms with Crippen LogP contribution >= 0.6 is 22.9 Å². The number of aromatic nitrogens is 1. The number of fused-ring (bicyclic) bond motifs is 1. The van der Waals surface area contributed by atoms with E-state index in [1.54, 1.807) is 42.5 Å². The largest absolute Gasteiger partial charge is 0.510 e. The number of hydrogen-bond donors (Lipinski definition) is 1. The van der Waals surface area contributed by atoms with Gasteiger partial charge in [-0.1, -0.05) is 35.9 Å². The molecule has 0 aliphatic carbocycles. The molecule has 4 nitrogen and oxygen atoms in total. The first-order valence-electron chi connectivity index (χ1n) is 7.05. The van der Waals surface area contributed by atoms with Gasteiger partial charge in [-0.2, -0.15) is 10.2 Å². The zero-order chi connectivity index (χ0) is 17.1. The van der Waals surface area contributed by atoms with Crippen LogP contribution in [0.15, 0.2) is 59.1 Å². The molecule has 0 unspecified atom stereocenters. The number of rotatable bonds is 3. The summed E-state index contributed by atoms with van der Waals surface area (Å²) in [6.07, 6.45) is 0.162. The lowest BCUT2D eigenvalue weighted by molar-refractivity contribution is 0.402. The van der Waals surface area contributed by atoms with Crippen LogP contribution in [0.1, 0.15) is 10.6 Å². The standard InChI is InChI=1S/C18H11ClN2O2S/c19-12-7-5-11(6-8-12)9-15(22)14(10-20)18-21-17(23)13-3-1-2-4-16(13)24-18/h1-8,22H,9H2. The van der Waals surface area contributed by atoms with Crippen LogP contribution in [0.4, 0.5) is 0 Å². The van der Waals surface area contributed by atoms with Crippen LogP contribution in [0.3, 0.4) is 0 Å². The van der Waals surface area contributed by atoms with Gasteiger partial charge in [0, 0.05) is 16.1 Å². The molecule has 0 amide bonds. The van der Waals surface area contributed by atoms with Crippen LogP contribution in [-0.2, 0) is 6.42 Å². The maximum absolute atomic E-state index is 12.1. The lowest BCUT2D eigenvalue weighted by Crippen LogP contribution is -2.08. The molecule has 118 valence electrons. The Bertz CT molecular complexity index is 1030. The van der Waals surface area contributed by atoms with Gasteiger partial charge in [-0.3, -0.25) is 4.79 Å². The third-order valence-corrected chi connectivity index (χ3v) is 4.74. The molecule has 1 heterocycles. The van der Waals surface area contributed by atoms with E-state index in [2.05, 4.69) is 4.98 Å². The van der Waals surface area contributed by atoms with Crippen molar-refractivity contribution in [3.63, 3.8) is 0 Å². The van der Waals surface area contributed by atoms with E-state index >= 15 is 0 Å². The zero-order valence-electron chi connectivity index (χ0n) is 12.4. The van der Waals surface area contributed by atoms with Crippen molar-refractivity contribution in [3.8, 4) is 6.07 Å². The first-order chi connectivity index (χ1) is 11.6. The van der Waals surface area contributed by atoms with Crippen molar-refractivity contribution in [1.29, 1.82) is 5.26 Å². The normalized spacial score (nSPS) is 11.8. The van der Waals surface area contributed by atoms with Crippen molar-refractivity contribution in [2.45, 2.75) is 6.42 Å². The van der Waals surface area contributed by atoms with E-state index in [9.17, 15) is 15.2 Å². The van der Waals surface area contributed by atoms with Gasteiger partial charge in [0.25, 0.3) is 5.56 Å². The fourth-order valence-electron chi connectivity index (χ4n) is 2.24. The minimum atomic E-state index is -0.411. The quantitative estimate of drug-likeness (QED) is 0.560. The molecule has 0 aliphatic rings. The summed E-state index contributed by atoms with van der Waals surface area (Å²) in [7, 11) is 0. The number of aliphatic hydroxyl groups excluding tert-OH is 1. The highest BCUT2D eigenvalue weighted by Crippen LogP contribution is 2.25. The second-order valence-corrected chi connectivity index (χ2v) is 6.52. The van der Waals surface area contributed by atoms with Crippen LogP contribution in [0.2, 0.25) is 5.02 Å². The van der Waals surface area contributed by atoms with Gasteiger partial charge in [-0.05, 0) is 29.8 Å². The number of halogens is 1. The van der Waals surface area contributed by atoms with Crippen molar-refractivity contribution in [1.82, 2.24) is 4.98 Å². The maximum atomic E-state index is 12.1. The van der Waals surface area contributed by atoms with E-state index in [-0.39, 0.29) is 22.8 Å². The molecule has 3 aromatic rings. The third-order valence-electron chi connectivity index (χ3n) is 3.43. The van der Waals surface area contributed by atoms with Gasteiger partial charge in [0.05, 0.1) is 5.39 Å². The Balaban J connectivity index is 2.06. The van der Waals surface area contributed by atoms with E-state index in [1.807, 2.05) is 12.1 Å². The van der Waals surface area contributed by atoms with Crippen molar-refractivity contribution in [2.24, 2.45) is 0 Å². The van der Waals surface area contributed by atoms with E-state index in [1.165, 1.54) is 11.3 Å². The van der Waals surface area contributed by atoms with Crippen molar-refractivity contribution < 1.29 is 5.11 Å². The molecule has 0 saturated carbocycles. The summed E-state index contributed by atoms with van der Waals surface area (Å²) in [5, 5.41) is 21.1. The minimum absolute atomic E-state index is 0.0119. The Morgan fingerprint density at radius 3 is 2.62 bits per heavy atom. The Morgan fingerprint density at radius 1 is 1.21 bits per heavy atom. The monoisotopic (exact) mass is 354 g/mol. The molecule has 24 heavy (non-hydrogen) atoms. The average Bonchev–Trinajstić information content (AvgIpc) is 2.58. The van der Waals surface area contributed by atoms with Crippen molar-refractivity contribution in [3.05, 3.63) is 80.2 Å². The smallest absolute Gasteiger partial charge is 0.279 e. The number of benzene rings is 2. The van der Waals surface area contributed by atoms with Crippen LogP contribution < -0.4 is 5.56 Å². The molecule has 6 heteroatoms. The lowest BCUT2D eigenvalue weighted by atomic mass is 10.1. The summed E-state index contributed by atoms with van der Waals surface area (Å²) in [6, 6.07) is 16.0. The predicted molar refractivity (Wildman–Crippen MR) is 96.2 cm³/mol. The molecule has 2 aromatic carbocycles. The summed E-state index contributed by atoms with van der Waals surface area (Å²) in [6.45, 7) is 0. The molecule has 0 spiro atoms. The van der Waals surface area contributed by atoms with Crippen LogP contribution in [-0.4, -0.2) is 10.1 Å². The van der Waals surface area contributed by atoms with Crippen LogP contribution in [0, 0.1) is 11.3 Å². The molecule has 0 fully saturated rings. The minimum Gasteiger partial charge on any atom is -0.510 e. The highest BCUT2D eigenvalue weighted by molar-refractivity contribution is 7.19. The van der Waals surface area contributed by atoms with Gasteiger partial charge < -0.3 is 5.11 Å². The molecule has 0 radical (unpaired) electrons. The van der Waals surface area contributed by atoms with Gasteiger partial charge in [-0.25, -0.2) is 0 Å². The zero-order valence-corrected chi connectivity index (χ0v) is 13.9. The second-order valence-electron chi connectivity index (χ2n) is 5.06. The molecular formula is C18H11ClN2O2S. The Kier molecular flexibility index (Phi) is 4.61. The van der Waals surface area contributed by atoms with Crippen LogP contribution in [0.5, 0.6) is 0 Å². The first-order valence-corrected chi connectivity index (χ1v) is 8.25. The molecule has 1 aromatic heterocycles. The summed E-state index contributed by atoms with van der Waals surface area (Å²) < 4.78 is 0.722. The molecule has 0 saturated heterocycles. The second kappa shape index (κ2) is 6.83. The molecule has 0 atom stereocenters. The van der Waals surface area contributed by atoms with Gasteiger partial charge >= 0.3 is 0 Å². The molecule has 0 aliphatic heterocycles. The maximum Gasteiger partial charge on any atom is 0.279 e. The fraction of sp³-hybridized carbons (Fsp3) is 0.0556. The molecular weight excluding hydrogens is 344 g/mol. The van der Waals surface area contributed by atoms with E-state index in [0.29, 0.717) is 10.4 Å². The van der Waals surface area contributed by atoms with E-state index in [0.717, 1.165) is 10.3 Å². The van der Waals surface area contributed by atoms with Gasteiger partial charge in [0.1, 0.15) is 22.4 Å². The summed E-state index contributed by atoms with van der Waals surface area (Å²) in [5.74, 6) is -0.127. The number of nitriles is 1.